The van der Waals surface area contributed by atoms with Crippen LogP contribution in [0.5, 0.6) is 11.5 Å². The number of methoxy groups -OCH3 is 1. The van der Waals surface area contributed by atoms with Gasteiger partial charge in [0.2, 0.25) is 5.76 Å². The highest BCUT2D eigenvalue weighted by atomic mass is 16.5. The number of nitrogens with zero attached hydrogens (tertiary/aromatic N) is 1. The quantitative estimate of drug-likeness (QED) is 0.872. The lowest BCUT2D eigenvalue weighted by atomic mass is 10.3. The Morgan fingerprint density at radius 1 is 1.39 bits per heavy atom. The number of ether oxygens (including phenoxy) is 2. The van der Waals surface area contributed by atoms with Gasteiger partial charge in [0.1, 0.15) is 23.8 Å². The van der Waals surface area contributed by atoms with Crippen LogP contribution < -0.4 is 9.47 Å². The third-order valence-electron chi connectivity index (χ3n) is 2.20. The number of hydrogen-bond donors (Lipinski definition) is 1. The van der Waals surface area contributed by atoms with E-state index in [9.17, 15) is 4.79 Å². The summed E-state index contributed by atoms with van der Waals surface area (Å²) in [5.74, 6) is -0.0810. The van der Waals surface area contributed by atoms with E-state index in [0.717, 1.165) is 0 Å². The zero-order chi connectivity index (χ0) is 13.0. The van der Waals surface area contributed by atoms with Crippen molar-refractivity contribution in [3.05, 3.63) is 41.8 Å². The molecule has 0 spiro atoms. The Labute approximate surface area is 103 Å². The molecule has 0 amide bonds. The zero-order valence-electron chi connectivity index (χ0n) is 9.62. The third kappa shape index (κ3) is 2.79. The van der Waals surface area contributed by atoms with Crippen LogP contribution in [0.2, 0.25) is 0 Å². The number of hydrogen-bond acceptors (Lipinski definition) is 5. The molecule has 0 radical (unpaired) electrons. The van der Waals surface area contributed by atoms with E-state index in [4.69, 9.17) is 14.6 Å². The molecule has 0 bridgehead atoms. The number of carboxylic acids is 1. The van der Waals surface area contributed by atoms with Gasteiger partial charge in [-0.15, -0.1) is 0 Å². The third-order valence-corrected chi connectivity index (χ3v) is 2.20. The summed E-state index contributed by atoms with van der Waals surface area (Å²) >= 11 is 0. The molecule has 6 heteroatoms. The number of rotatable bonds is 5. The molecule has 1 aromatic carbocycles. The van der Waals surface area contributed by atoms with Crippen molar-refractivity contribution in [2.45, 2.75) is 6.61 Å². The van der Waals surface area contributed by atoms with E-state index in [1.165, 1.54) is 6.07 Å². The summed E-state index contributed by atoms with van der Waals surface area (Å²) < 4.78 is 15.1. The first-order valence-corrected chi connectivity index (χ1v) is 5.15. The molecule has 94 valence electrons. The molecule has 2 rings (SSSR count). The Kier molecular flexibility index (Phi) is 3.47. The molecule has 0 aliphatic heterocycles. The van der Waals surface area contributed by atoms with Crippen LogP contribution in [-0.4, -0.2) is 23.3 Å². The Morgan fingerprint density at radius 2 is 2.17 bits per heavy atom. The largest absolute Gasteiger partial charge is 0.497 e. The first kappa shape index (κ1) is 12.0. The van der Waals surface area contributed by atoms with E-state index >= 15 is 0 Å². The molecule has 0 fully saturated rings. The van der Waals surface area contributed by atoms with Crippen molar-refractivity contribution < 1.29 is 23.9 Å². The van der Waals surface area contributed by atoms with E-state index in [1.807, 2.05) is 0 Å². The van der Waals surface area contributed by atoms with Gasteiger partial charge in [0.25, 0.3) is 0 Å². The maximum atomic E-state index is 10.6. The van der Waals surface area contributed by atoms with Gasteiger partial charge in [-0.1, -0.05) is 11.2 Å². The number of carbonyl (C=O) groups is 1. The predicted octanol–water partition coefficient (Wildman–Crippen LogP) is 1.96. The molecular formula is C12H11NO5. The second-order valence-corrected chi connectivity index (χ2v) is 3.46. The van der Waals surface area contributed by atoms with Crippen LogP contribution in [-0.2, 0) is 6.61 Å². The van der Waals surface area contributed by atoms with Crippen LogP contribution in [0, 0.1) is 0 Å². The molecule has 0 saturated heterocycles. The second kappa shape index (κ2) is 5.22. The minimum Gasteiger partial charge on any atom is -0.497 e. The van der Waals surface area contributed by atoms with Gasteiger partial charge in [-0.3, -0.25) is 0 Å². The van der Waals surface area contributed by atoms with E-state index in [-0.39, 0.29) is 12.4 Å². The summed E-state index contributed by atoms with van der Waals surface area (Å²) in [7, 11) is 1.57. The summed E-state index contributed by atoms with van der Waals surface area (Å²) in [6, 6.07) is 8.40. The monoisotopic (exact) mass is 249 g/mol. The molecule has 1 heterocycles. The van der Waals surface area contributed by atoms with Gasteiger partial charge in [0.15, 0.2) is 0 Å². The standard InChI is InChI=1S/C12H11NO5/c1-16-9-3-2-4-10(6-9)17-7-8-5-11(12(14)15)18-13-8/h2-6H,7H2,1H3,(H,14,15). The maximum absolute atomic E-state index is 10.6. The number of benzene rings is 1. The fourth-order valence-electron chi connectivity index (χ4n) is 1.33. The summed E-state index contributed by atoms with van der Waals surface area (Å²) in [6.07, 6.45) is 0. The molecule has 1 N–H and O–H groups in total. The van der Waals surface area contributed by atoms with Gasteiger partial charge in [-0.25, -0.2) is 4.79 Å². The SMILES string of the molecule is COc1cccc(OCc2cc(C(=O)O)on2)c1. The van der Waals surface area contributed by atoms with Crippen molar-refractivity contribution in [1.29, 1.82) is 0 Å². The van der Waals surface area contributed by atoms with Gasteiger partial charge in [0.05, 0.1) is 7.11 Å². The molecule has 1 aromatic heterocycles. The first-order valence-electron chi connectivity index (χ1n) is 5.15. The fraction of sp³-hybridized carbons (Fsp3) is 0.167. The Morgan fingerprint density at radius 3 is 2.83 bits per heavy atom. The molecule has 0 aliphatic rings. The van der Waals surface area contributed by atoms with Crippen LogP contribution in [0.4, 0.5) is 0 Å². The van der Waals surface area contributed by atoms with Crippen molar-refractivity contribution in [3.63, 3.8) is 0 Å². The van der Waals surface area contributed by atoms with Gasteiger partial charge >= 0.3 is 5.97 Å². The molecule has 0 aliphatic carbocycles. The van der Waals surface area contributed by atoms with Crippen molar-refractivity contribution in [1.82, 2.24) is 5.16 Å². The molecule has 0 atom stereocenters. The molecule has 18 heavy (non-hydrogen) atoms. The molecule has 0 saturated carbocycles. The summed E-state index contributed by atoms with van der Waals surface area (Å²) in [4.78, 5) is 10.6. The van der Waals surface area contributed by atoms with Crippen LogP contribution in [0.1, 0.15) is 16.2 Å². The Balaban J connectivity index is 1.99. The first-order chi connectivity index (χ1) is 8.69. The predicted molar refractivity (Wildman–Crippen MR) is 60.8 cm³/mol. The summed E-state index contributed by atoms with van der Waals surface area (Å²) in [5.41, 5.74) is 0.412. The van der Waals surface area contributed by atoms with Gasteiger partial charge in [-0.2, -0.15) is 0 Å². The zero-order valence-corrected chi connectivity index (χ0v) is 9.62. The van der Waals surface area contributed by atoms with Gasteiger partial charge < -0.3 is 19.1 Å². The molecule has 6 nitrogen and oxygen atoms in total. The molecule has 0 unspecified atom stereocenters. The van der Waals surface area contributed by atoms with E-state index < -0.39 is 5.97 Å². The highest BCUT2D eigenvalue weighted by Crippen LogP contribution is 2.19. The van der Waals surface area contributed by atoms with Crippen LogP contribution in [0.25, 0.3) is 0 Å². The van der Waals surface area contributed by atoms with Crippen LogP contribution >= 0.6 is 0 Å². The highest BCUT2D eigenvalue weighted by Gasteiger charge is 2.11. The Hall–Kier alpha value is -2.50. The maximum Gasteiger partial charge on any atom is 0.374 e. The topological polar surface area (TPSA) is 81.8 Å². The normalized spacial score (nSPS) is 10.1. The second-order valence-electron chi connectivity index (χ2n) is 3.46. The smallest absolute Gasteiger partial charge is 0.374 e. The Bertz CT molecular complexity index is 549. The number of aromatic nitrogens is 1. The van der Waals surface area contributed by atoms with E-state index in [0.29, 0.717) is 17.2 Å². The summed E-state index contributed by atoms with van der Waals surface area (Å²) in [6.45, 7) is 0.129. The average molecular weight is 249 g/mol. The lowest BCUT2D eigenvalue weighted by Crippen LogP contribution is -1.96. The molecular weight excluding hydrogens is 238 g/mol. The summed E-state index contributed by atoms with van der Waals surface area (Å²) in [5, 5.41) is 12.2. The van der Waals surface area contributed by atoms with Crippen LogP contribution in [0.15, 0.2) is 34.9 Å². The van der Waals surface area contributed by atoms with Crippen molar-refractivity contribution in [2.24, 2.45) is 0 Å². The van der Waals surface area contributed by atoms with Gasteiger partial charge in [0, 0.05) is 12.1 Å². The van der Waals surface area contributed by atoms with Crippen molar-refractivity contribution >= 4 is 5.97 Å². The minimum atomic E-state index is -1.16. The highest BCUT2D eigenvalue weighted by molar-refractivity contribution is 5.84. The number of aromatic carboxylic acids is 1. The van der Waals surface area contributed by atoms with Gasteiger partial charge in [-0.05, 0) is 12.1 Å². The fourth-order valence-corrected chi connectivity index (χ4v) is 1.33. The van der Waals surface area contributed by atoms with Crippen LogP contribution in [0.3, 0.4) is 0 Å². The average Bonchev–Trinajstić information content (AvgIpc) is 2.85. The lowest BCUT2D eigenvalue weighted by Gasteiger charge is -2.05. The molecule has 2 aromatic rings. The van der Waals surface area contributed by atoms with Crippen molar-refractivity contribution in [3.8, 4) is 11.5 Å². The van der Waals surface area contributed by atoms with Crippen molar-refractivity contribution in [2.75, 3.05) is 7.11 Å². The van der Waals surface area contributed by atoms with E-state index in [2.05, 4.69) is 9.68 Å². The number of carboxylic acid groups (broad SMARTS) is 1. The minimum absolute atomic E-state index is 0.129. The van der Waals surface area contributed by atoms with E-state index in [1.54, 1.807) is 31.4 Å². The lowest BCUT2D eigenvalue weighted by molar-refractivity contribution is 0.0651.